The van der Waals surface area contributed by atoms with Crippen LogP contribution in [0.1, 0.15) is 28.8 Å². The van der Waals surface area contributed by atoms with Gasteiger partial charge in [-0.2, -0.15) is 0 Å². The number of oxazole rings is 1. The number of ether oxygens (including phenoxy) is 2. The number of carbonyl (C=O) groups is 2. The molecule has 1 amide bonds. The molecule has 1 aliphatic rings. The van der Waals surface area contributed by atoms with Crippen LogP contribution < -0.4 is 4.74 Å². The van der Waals surface area contributed by atoms with Crippen molar-refractivity contribution >= 4 is 11.9 Å². The van der Waals surface area contributed by atoms with Crippen LogP contribution in [0.25, 0.3) is 11.3 Å². The van der Waals surface area contributed by atoms with E-state index >= 15 is 0 Å². The number of hydrogen-bond donors (Lipinski definition) is 0. The molecule has 0 unspecified atom stereocenters. The number of rotatable bonds is 8. The molecular weight excluding hydrogens is 384 g/mol. The summed E-state index contributed by atoms with van der Waals surface area (Å²) in [6.07, 6.45) is 4.89. The largest absolute Gasteiger partial charge is 0.497 e. The van der Waals surface area contributed by atoms with Crippen LogP contribution in [0.3, 0.4) is 0 Å². The summed E-state index contributed by atoms with van der Waals surface area (Å²) in [6.45, 7) is 0.201. The van der Waals surface area contributed by atoms with Gasteiger partial charge in [0.2, 0.25) is 0 Å². The normalized spacial score (nSPS) is 13.0. The zero-order valence-electron chi connectivity index (χ0n) is 16.6. The maximum absolute atomic E-state index is 12.7. The summed E-state index contributed by atoms with van der Waals surface area (Å²) in [5, 5.41) is 0. The predicted molar refractivity (Wildman–Crippen MR) is 109 cm³/mol. The summed E-state index contributed by atoms with van der Waals surface area (Å²) in [4.78, 5) is 30.7. The Morgan fingerprint density at radius 1 is 1.10 bits per heavy atom. The van der Waals surface area contributed by atoms with Crippen molar-refractivity contribution in [3.05, 3.63) is 72.2 Å². The SMILES string of the molecule is COc1ccc(CN(C(=O)COC(=O)c2ccc(-c3cnco3)cc2)C2CC2)cc1. The number of amides is 1. The molecule has 1 fully saturated rings. The number of methoxy groups -OCH3 is 1. The van der Waals surface area contributed by atoms with Gasteiger partial charge < -0.3 is 18.8 Å². The van der Waals surface area contributed by atoms with Crippen molar-refractivity contribution in [3.63, 3.8) is 0 Å². The third-order valence-electron chi connectivity index (χ3n) is 4.98. The maximum atomic E-state index is 12.7. The lowest BCUT2D eigenvalue weighted by atomic mass is 10.1. The number of benzene rings is 2. The highest BCUT2D eigenvalue weighted by molar-refractivity contribution is 5.91. The average molecular weight is 406 g/mol. The number of aromatic nitrogens is 1. The minimum atomic E-state index is -0.535. The van der Waals surface area contributed by atoms with E-state index in [1.165, 1.54) is 6.39 Å². The Labute approximate surface area is 174 Å². The summed E-state index contributed by atoms with van der Waals surface area (Å²) < 4.78 is 15.7. The standard InChI is InChI=1S/C23H22N2O5/c1-28-20-10-2-16(3-11-20)13-25(19-8-9-19)22(26)14-29-23(27)18-6-4-17(5-7-18)21-12-24-15-30-21/h2-7,10-12,15,19H,8-9,13-14H2,1H3. The lowest BCUT2D eigenvalue weighted by Gasteiger charge is -2.22. The van der Waals surface area contributed by atoms with Gasteiger partial charge in [-0.25, -0.2) is 9.78 Å². The molecule has 0 saturated heterocycles. The molecule has 154 valence electrons. The molecule has 1 saturated carbocycles. The van der Waals surface area contributed by atoms with E-state index < -0.39 is 5.97 Å². The first-order valence-corrected chi connectivity index (χ1v) is 9.72. The van der Waals surface area contributed by atoms with Gasteiger partial charge in [-0.05, 0) is 42.7 Å². The van der Waals surface area contributed by atoms with Crippen molar-refractivity contribution in [2.75, 3.05) is 13.7 Å². The fourth-order valence-electron chi connectivity index (χ4n) is 3.16. The third-order valence-corrected chi connectivity index (χ3v) is 4.98. The minimum absolute atomic E-state index is 0.194. The Bertz CT molecular complexity index is 993. The average Bonchev–Trinajstić information content (AvgIpc) is 3.48. The summed E-state index contributed by atoms with van der Waals surface area (Å²) in [7, 11) is 1.62. The molecule has 7 heteroatoms. The van der Waals surface area contributed by atoms with Gasteiger partial charge in [0.25, 0.3) is 5.91 Å². The van der Waals surface area contributed by atoms with Gasteiger partial charge in [0.1, 0.15) is 5.75 Å². The molecule has 0 bridgehead atoms. The van der Waals surface area contributed by atoms with E-state index in [4.69, 9.17) is 13.9 Å². The lowest BCUT2D eigenvalue weighted by Crippen LogP contribution is -2.36. The first-order chi connectivity index (χ1) is 14.6. The molecule has 1 heterocycles. The second kappa shape index (κ2) is 8.82. The fourth-order valence-corrected chi connectivity index (χ4v) is 3.16. The molecule has 0 atom stereocenters. The van der Waals surface area contributed by atoms with Crippen LogP contribution in [0.15, 0.2) is 65.5 Å². The van der Waals surface area contributed by atoms with Crippen LogP contribution >= 0.6 is 0 Å². The summed E-state index contributed by atoms with van der Waals surface area (Å²) in [6, 6.07) is 14.6. The zero-order chi connectivity index (χ0) is 20.9. The Morgan fingerprint density at radius 3 is 2.43 bits per heavy atom. The van der Waals surface area contributed by atoms with Crippen LogP contribution in [-0.4, -0.2) is 41.5 Å². The van der Waals surface area contributed by atoms with Crippen LogP contribution in [0.2, 0.25) is 0 Å². The molecular formula is C23H22N2O5. The molecule has 1 aliphatic carbocycles. The molecule has 2 aromatic carbocycles. The summed E-state index contributed by atoms with van der Waals surface area (Å²) in [5.41, 5.74) is 2.18. The second-order valence-electron chi connectivity index (χ2n) is 7.12. The first-order valence-electron chi connectivity index (χ1n) is 9.72. The van der Waals surface area contributed by atoms with E-state index in [1.807, 2.05) is 24.3 Å². The molecule has 0 radical (unpaired) electrons. The van der Waals surface area contributed by atoms with E-state index in [1.54, 1.807) is 42.5 Å². The summed E-state index contributed by atoms with van der Waals surface area (Å²) in [5.74, 6) is 0.655. The van der Waals surface area contributed by atoms with Crippen molar-refractivity contribution in [1.82, 2.24) is 9.88 Å². The van der Waals surface area contributed by atoms with Crippen LogP contribution in [0.4, 0.5) is 0 Å². The quantitative estimate of drug-likeness (QED) is 0.531. The van der Waals surface area contributed by atoms with Crippen molar-refractivity contribution in [3.8, 4) is 17.1 Å². The van der Waals surface area contributed by atoms with Crippen molar-refractivity contribution in [2.45, 2.75) is 25.4 Å². The van der Waals surface area contributed by atoms with Gasteiger partial charge in [-0.3, -0.25) is 4.79 Å². The lowest BCUT2D eigenvalue weighted by molar-refractivity contribution is -0.135. The van der Waals surface area contributed by atoms with Crippen molar-refractivity contribution in [1.29, 1.82) is 0 Å². The van der Waals surface area contributed by atoms with Gasteiger partial charge in [0.05, 0.1) is 18.9 Å². The summed E-state index contributed by atoms with van der Waals surface area (Å²) >= 11 is 0. The molecule has 4 rings (SSSR count). The van der Waals surface area contributed by atoms with Gasteiger partial charge in [-0.1, -0.05) is 24.3 Å². The zero-order valence-corrected chi connectivity index (χ0v) is 16.6. The van der Waals surface area contributed by atoms with Crippen LogP contribution in [-0.2, 0) is 16.1 Å². The molecule has 0 aliphatic heterocycles. The predicted octanol–water partition coefficient (Wildman–Crippen LogP) is 3.70. The van der Waals surface area contributed by atoms with Gasteiger partial charge in [0.15, 0.2) is 18.8 Å². The van der Waals surface area contributed by atoms with E-state index in [0.29, 0.717) is 17.9 Å². The minimum Gasteiger partial charge on any atom is -0.497 e. The molecule has 7 nitrogen and oxygen atoms in total. The van der Waals surface area contributed by atoms with E-state index in [9.17, 15) is 9.59 Å². The maximum Gasteiger partial charge on any atom is 0.338 e. The van der Waals surface area contributed by atoms with E-state index in [2.05, 4.69) is 4.98 Å². The molecule has 1 aromatic heterocycles. The smallest absolute Gasteiger partial charge is 0.338 e. The first kappa shape index (κ1) is 19.7. The van der Waals surface area contributed by atoms with Crippen molar-refractivity contribution < 1.29 is 23.5 Å². The van der Waals surface area contributed by atoms with Crippen LogP contribution in [0, 0.1) is 0 Å². The molecule has 3 aromatic rings. The fraction of sp³-hybridized carbons (Fsp3) is 0.261. The number of nitrogens with zero attached hydrogens (tertiary/aromatic N) is 2. The molecule has 0 spiro atoms. The Hall–Kier alpha value is -3.61. The highest BCUT2D eigenvalue weighted by atomic mass is 16.5. The van der Waals surface area contributed by atoms with E-state index in [-0.39, 0.29) is 18.6 Å². The Balaban J connectivity index is 1.34. The van der Waals surface area contributed by atoms with E-state index in [0.717, 1.165) is 29.7 Å². The number of esters is 1. The Kier molecular flexibility index (Phi) is 5.79. The van der Waals surface area contributed by atoms with Gasteiger partial charge >= 0.3 is 5.97 Å². The highest BCUT2D eigenvalue weighted by Crippen LogP contribution is 2.29. The topological polar surface area (TPSA) is 81.9 Å². The van der Waals surface area contributed by atoms with Crippen LogP contribution in [0.5, 0.6) is 5.75 Å². The monoisotopic (exact) mass is 406 g/mol. The second-order valence-corrected chi connectivity index (χ2v) is 7.12. The molecule has 30 heavy (non-hydrogen) atoms. The molecule has 0 N–H and O–H groups in total. The number of hydrogen-bond acceptors (Lipinski definition) is 6. The number of carbonyl (C=O) groups excluding carboxylic acids is 2. The highest BCUT2D eigenvalue weighted by Gasteiger charge is 2.33. The van der Waals surface area contributed by atoms with Gasteiger partial charge in [0, 0.05) is 18.2 Å². The van der Waals surface area contributed by atoms with Crippen molar-refractivity contribution in [2.24, 2.45) is 0 Å². The Morgan fingerprint density at radius 2 is 1.83 bits per heavy atom. The van der Waals surface area contributed by atoms with Gasteiger partial charge in [-0.15, -0.1) is 0 Å². The third kappa shape index (κ3) is 4.68.